The van der Waals surface area contributed by atoms with E-state index in [1.54, 1.807) is 12.5 Å². The minimum absolute atomic E-state index is 0.0209. The zero-order valence-electron chi connectivity index (χ0n) is 10.7. The lowest BCUT2D eigenvalue weighted by Crippen LogP contribution is -2.08. The Kier molecular flexibility index (Phi) is 3.19. The third kappa shape index (κ3) is 2.32. The van der Waals surface area contributed by atoms with Crippen molar-refractivity contribution in [1.29, 1.82) is 0 Å². The van der Waals surface area contributed by atoms with Crippen LogP contribution >= 0.6 is 0 Å². The summed E-state index contributed by atoms with van der Waals surface area (Å²) in [5.41, 5.74) is 2.58. The molecule has 2 aromatic heterocycles. The third-order valence-electron chi connectivity index (χ3n) is 3.91. The Balaban J connectivity index is 2.06. The van der Waals surface area contributed by atoms with Crippen LogP contribution in [0.2, 0.25) is 0 Å². The van der Waals surface area contributed by atoms with Gasteiger partial charge in [0.2, 0.25) is 0 Å². The van der Waals surface area contributed by atoms with Crippen molar-refractivity contribution in [2.24, 2.45) is 0 Å². The molecule has 2 aromatic rings. The normalized spacial score (nSPS) is 16.8. The average Bonchev–Trinajstić information content (AvgIpc) is 2.82. The lowest BCUT2D eigenvalue weighted by molar-refractivity contribution is -0.136. The van der Waals surface area contributed by atoms with Gasteiger partial charge in [-0.25, -0.2) is 9.97 Å². The van der Waals surface area contributed by atoms with Gasteiger partial charge in [0, 0.05) is 17.5 Å². The molecule has 2 heterocycles. The maximum absolute atomic E-state index is 10.9. The summed E-state index contributed by atoms with van der Waals surface area (Å²) in [6.07, 6.45) is 9.39. The molecule has 0 aromatic carbocycles. The zero-order valence-corrected chi connectivity index (χ0v) is 10.7. The summed E-state index contributed by atoms with van der Waals surface area (Å²) in [4.78, 5) is 22.7. The molecular formula is C14H17N3O2. The molecular weight excluding hydrogens is 242 g/mol. The number of aliphatic carboxylic acids is 1. The van der Waals surface area contributed by atoms with Crippen LogP contribution in [0.4, 0.5) is 0 Å². The van der Waals surface area contributed by atoms with E-state index in [1.807, 2.05) is 0 Å². The average molecular weight is 259 g/mol. The number of hydrogen-bond acceptors (Lipinski definition) is 3. The summed E-state index contributed by atoms with van der Waals surface area (Å²) < 4.78 is 0. The number of nitrogens with one attached hydrogen (secondary N) is 1. The van der Waals surface area contributed by atoms with E-state index in [0.29, 0.717) is 5.92 Å². The number of carboxylic acid groups (broad SMARTS) is 1. The zero-order chi connectivity index (χ0) is 13.2. The number of aromatic nitrogens is 3. The van der Waals surface area contributed by atoms with Crippen LogP contribution in [0.15, 0.2) is 12.5 Å². The standard InChI is InChI=1S/C14H17N3O2/c18-11(19)6-10-7-15-14-12(10)13(16-8-17-14)9-4-2-1-3-5-9/h7-9H,1-6H2,(H,18,19)(H,15,16,17). The first-order chi connectivity index (χ1) is 9.25. The van der Waals surface area contributed by atoms with E-state index >= 15 is 0 Å². The Morgan fingerprint density at radius 3 is 2.84 bits per heavy atom. The van der Waals surface area contributed by atoms with Gasteiger partial charge in [-0.15, -0.1) is 0 Å². The Bertz CT molecular complexity index is 600. The molecule has 0 amide bonds. The van der Waals surface area contributed by atoms with Gasteiger partial charge < -0.3 is 10.1 Å². The largest absolute Gasteiger partial charge is 0.481 e. The van der Waals surface area contributed by atoms with Crippen molar-refractivity contribution >= 4 is 17.0 Å². The van der Waals surface area contributed by atoms with Crippen molar-refractivity contribution in [1.82, 2.24) is 15.0 Å². The van der Waals surface area contributed by atoms with E-state index in [0.717, 1.165) is 35.1 Å². The SMILES string of the molecule is O=C(O)Cc1c[nH]c2ncnc(C3CCCCC3)c12. The van der Waals surface area contributed by atoms with Crippen LogP contribution in [-0.2, 0) is 11.2 Å². The number of fused-ring (bicyclic) bond motifs is 1. The number of hydrogen-bond donors (Lipinski definition) is 2. The van der Waals surface area contributed by atoms with Crippen molar-refractivity contribution in [3.8, 4) is 0 Å². The maximum atomic E-state index is 10.9. The Morgan fingerprint density at radius 1 is 1.32 bits per heavy atom. The molecule has 0 radical (unpaired) electrons. The monoisotopic (exact) mass is 259 g/mol. The quantitative estimate of drug-likeness (QED) is 0.888. The summed E-state index contributed by atoms with van der Waals surface area (Å²) >= 11 is 0. The molecule has 1 aliphatic carbocycles. The predicted molar refractivity (Wildman–Crippen MR) is 71.1 cm³/mol. The first-order valence-electron chi connectivity index (χ1n) is 6.78. The maximum Gasteiger partial charge on any atom is 0.307 e. The van der Waals surface area contributed by atoms with Crippen molar-refractivity contribution in [2.75, 3.05) is 0 Å². The van der Waals surface area contributed by atoms with Gasteiger partial charge in [0.25, 0.3) is 0 Å². The van der Waals surface area contributed by atoms with Crippen LogP contribution in [0, 0.1) is 0 Å². The molecule has 100 valence electrons. The second-order valence-electron chi connectivity index (χ2n) is 5.20. The first-order valence-corrected chi connectivity index (χ1v) is 6.78. The first kappa shape index (κ1) is 12.1. The van der Waals surface area contributed by atoms with Crippen molar-refractivity contribution in [3.05, 3.63) is 23.8 Å². The molecule has 0 unspecified atom stereocenters. The topological polar surface area (TPSA) is 78.9 Å². The number of carboxylic acids is 1. The summed E-state index contributed by atoms with van der Waals surface area (Å²) in [6.45, 7) is 0. The molecule has 0 atom stereocenters. The van der Waals surface area contributed by atoms with Crippen molar-refractivity contribution in [2.45, 2.75) is 44.4 Å². The van der Waals surface area contributed by atoms with Gasteiger partial charge in [0.15, 0.2) is 0 Å². The highest BCUT2D eigenvalue weighted by atomic mass is 16.4. The fourth-order valence-corrected chi connectivity index (χ4v) is 3.04. The summed E-state index contributed by atoms with van der Waals surface area (Å²) in [7, 11) is 0. The van der Waals surface area contributed by atoms with Crippen LogP contribution in [-0.4, -0.2) is 26.0 Å². The number of aromatic amines is 1. The summed E-state index contributed by atoms with van der Waals surface area (Å²) in [6, 6.07) is 0. The number of nitrogens with zero attached hydrogens (tertiary/aromatic N) is 2. The van der Waals surface area contributed by atoms with Crippen molar-refractivity contribution < 1.29 is 9.90 Å². The second kappa shape index (κ2) is 4.99. The highest BCUT2D eigenvalue weighted by molar-refractivity contribution is 5.86. The molecule has 19 heavy (non-hydrogen) atoms. The van der Waals surface area contributed by atoms with Gasteiger partial charge in [-0.2, -0.15) is 0 Å². The van der Waals surface area contributed by atoms with Gasteiger partial charge in [-0.1, -0.05) is 19.3 Å². The molecule has 2 N–H and O–H groups in total. The van der Waals surface area contributed by atoms with Crippen LogP contribution in [0.25, 0.3) is 11.0 Å². The fraction of sp³-hybridized carbons (Fsp3) is 0.500. The molecule has 0 saturated heterocycles. The van der Waals surface area contributed by atoms with Crippen LogP contribution in [0.3, 0.4) is 0 Å². The smallest absolute Gasteiger partial charge is 0.307 e. The third-order valence-corrected chi connectivity index (χ3v) is 3.91. The van der Waals surface area contributed by atoms with E-state index in [4.69, 9.17) is 5.11 Å². The molecule has 3 rings (SSSR count). The Labute approximate surface area is 111 Å². The molecule has 0 spiro atoms. The highest BCUT2D eigenvalue weighted by Gasteiger charge is 2.22. The van der Waals surface area contributed by atoms with Crippen LogP contribution < -0.4 is 0 Å². The molecule has 5 heteroatoms. The van der Waals surface area contributed by atoms with E-state index < -0.39 is 5.97 Å². The molecule has 1 saturated carbocycles. The minimum atomic E-state index is -0.820. The van der Waals surface area contributed by atoms with E-state index in [-0.39, 0.29) is 6.42 Å². The number of carbonyl (C=O) groups is 1. The van der Waals surface area contributed by atoms with Gasteiger partial charge >= 0.3 is 5.97 Å². The van der Waals surface area contributed by atoms with Gasteiger partial charge in [0.1, 0.15) is 12.0 Å². The Morgan fingerprint density at radius 2 is 2.11 bits per heavy atom. The fourth-order valence-electron chi connectivity index (χ4n) is 3.04. The van der Waals surface area contributed by atoms with E-state index in [2.05, 4.69) is 15.0 Å². The summed E-state index contributed by atoms with van der Waals surface area (Å²) in [5, 5.41) is 9.92. The number of H-pyrrole nitrogens is 1. The van der Waals surface area contributed by atoms with Gasteiger partial charge in [0.05, 0.1) is 12.1 Å². The summed E-state index contributed by atoms with van der Waals surface area (Å²) in [5.74, 6) is -0.373. The molecule has 0 aliphatic heterocycles. The lowest BCUT2D eigenvalue weighted by atomic mass is 9.85. The van der Waals surface area contributed by atoms with E-state index in [1.165, 1.54) is 19.3 Å². The molecule has 1 fully saturated rings. The molecule has 5 nitrogen and oxygen atoms in total. The minimum Gasteiger partial charge on any atom is -0.481 e. The molecule has 0 bridgehead atoms. The predicted octanol–water partition coefficient (Wildman–Crippen LogP) is 2.63. The molecule has 1 aliphatic rings. The van der Waals surface area contributed by atoms with E-state index in [9.17, 15) is 4.79 Å². The van der Waals surface area contributed by atoms with Crippen LogP contribution in [0.5, 0.6) is 0 Å². The number of rotatable bonds is 3. The second-order valence-corrected chi connectivity index (χ2v) is 5.20. The van der Waals surface area contributed by atoms with Gasteiger partial charge in [-0.05, 0) is 18.4 Å². The van der Waals surface area contributed by atoms with Gasteiger partial charge in [-0.3, -0.25) is 4.79 Å². The lowest BCUT2D eigenvalue weighted by Gasteiger charge is -2.21. The Hall–Kier alpha value is -1.91. The highest BCUT2D eigenvalue weighted by Crippen LogP contribution is 2.35. The van der Waals surface area contributed by atoms with Crippen molar-refractivity contribution in [3.63, 3.8) is 0 Å². The van der Waals surface area contributed by atoms with Crippen LogP contribution in [0.1, 0.15) is 49.3 Å².